The van der Waals surface area contributed by atoms with Crippen LogP contribution in [-0.2, 0) is 11.2 Å². The number of para-hydroxylation sites is 1. The van der Waals surface area contributed by atoms with Gasteiger partial charge in [-0.1, -0.05) is 29.8 Å². The third-order valence-electron chi connectivity index (χ3n) is 3.31. The fraction of sp³-hybridized carbons (Fsp3) is 0.0625. The Bertz CT molecular complexity index is 904. The minimum absolute atomic E-state index is 0.176. The lowest BCUT2D eigenvalue weighted by Crippen LogP contribution is -2.15. The molecule has 0 aliphatic rings. The second kappa shape index (κ2) is 6.10. The fourth-order valence-electron chi connectivity index (χ4n) is 2.31. The van der Waals surface area contributed by atoms with Crippen molar-refractivity contribution < 1.29 is 14.7 Å². The number of hydrogen-bond donors (Lipinski definition) is 2. The molecule has 3 rings (SSSR count). The Morgan fingerprint density at radius 2 is 2.09 bits per heavy atom. The van der Waals surface area contributed by atoms with Crippen molar-refractivity contribution in [3.8, 4) is 0 Å². The molecule has 2 heterocycles. The highest BCUT2D eigenvalue weighted by molar-refractivity contribution is 6.31. The summed E-state index contributed by atoms with van der Waals surface area (Å²) in [4.78, 5) is 27.6. The number of carbonyl (C=O) groups is 2. The van der Waals surface area contributed by atoms with E-state index in [1.165, 1.54) is 6.07 Å². The van der Waals surface area contributed by atoms with Gasteiger partial charge in [0, 0.05) is 24.3 Å². The van der Waals surface area contributed by atoms with Gasteiger partial charge >= 0.3 is 5.97 Å². The molecule has 1 amide bonds. The van der Waals surface area contributed by atoms with Crippen molar-refractivity contribution in [2.75, 3.05) is 5.32 Å². The Morgan fingerprint density at radius 3 is 2.87 bits per heavy atom. The predicted molar refractivity (Wildman–Crippen MR) is 85.9 cm³/mol. The quantitative estimate of drug-likeness (QED) is 0.771. The van der Waals surface area contributed by atoms with Gasteiger partial charge in [-0.2, -0.15) is 0 Å². The third kappa shape index (κ3) is 3.17. The molecule has 0 fully saturated rings. The molecule has 3 aromatic rings. The van der Waals surface area contributed by atoms with E-state index < -0.39 is 11.9 Å². The van der Waals surface area contributed by atoms with Gasteiger partial charge in [-0.3, -0.25) is 9.59 Å². The standard InChI is InChI=1S/C16H12ClN3O3/c17-11-8-12(15-18-5-6-20(15)9-11)16(23)19-13-4-2-1-3-10(13)7-14(21)22/h1-6,8-9H,7H2,(H,19,23)(H,21,22). The zero-order chi connectivity index (χ0) is 16.4. The third-order valence-corrected chi connectivity index (χ3v) is 3.51. The van der Waals surface area contributed by atoms with Gasteiger partial charge in [0.1, 0.15) is 5.65 Å². The molecule has 6 nitrogen and oxygen atoms in total. The number of anilines is 1. The normalized spacial score (nSPS) is 10.7. The average molecular weight is 330 g/mol. The summed E-state index contributed by atoms with van der Waals surface area (Å²) < 4.78 is 1.65. The van der Waals surface area contributed by atoms with Crippen molar-refractivity contribution in [2.45, 2.75) is 6.42 Å². The number of rotatable bonds is 4. The largest absolute Gasteiger partial charge is 0.481 e. The van der Waals surface area contributed by atoms with Crippen LogP contribution in [0.3, 0.4) is 0 Å². The summed E-state index contributed by atoms with van der Waals surface area (Å²) >= 11 is 6.02. The Balaban J connectivity index is 1.95. The minimum atomic E-state index is -0.967. The molecule has 0 unspecified atom stereocenters. The summed E-state index contributed by atoms with van der Waals surface area (Å²) in [5.74, 6) is -1.37. The molecule has 2 N–H and O–H groups in total. The summed E-state index contributed by atoms with van der Waals surface area (Å²) in [5.41, 5.74) is 1.76. The van der Waals surface area contributed by atoms with Gasteiger partial charge in [-0.15, -0.1) is 0 Å². The zero-order valence-corrected chi connectivity index (χ0v) is 12.6. The van der Waals surface area contributed by atoms with Gasteiger partial charge in [-0.25, -0.2) is 4.98 Å². The molecule has 23 heavy (non-hydrogen) atoms. The highest BCUT2D eigenvalue weighted by atomic mass is 35.5. The second-order valence-corrected chi connectivity index (χ2v) is 5.35. The maximum absolute atomic E-state index is 12.5. The first-order valence-corrected chi connectivity index (χ1v) is 7.15. The van der Waals surface area contributed by atoms with Gasteiger partial charge in [0.15, 0.2) is 0 Å². The summed E-state index contributed by atoms with van der Waals surface area (Å²) in [6.45, 7) is 0. The number of pyridine rings is 1. The summed E-state index contributed by atoms with van der Waals surface area (Å²) in [7, 11) is 0. The molecule has 0 aliphatic carbocycles. The molecule has 2 aromatic heterocycles. The number of halogens is 1. The Kier molecular flexibility index (Phi) is 3.99. The van der Waals surface area contributed by atoms with Crippen LogP contribution in [0.2, 0.25) is 5.02 Å². The molecule has 0 saturated heterocycles. The number of carbonyl (C=O) groups excluding carboxylic acids is 1. The SMILES string of the molecule is O=C(O)Cc1ccccc1NC(=O)c1cc(Cl)cn2ccnc12. The number of fused-ring (bicyclic) bond motifs is 1. The average Bonchev–Trinajstić information content (AvgIpc) is 2.95. The van der Waals surface area contributed by atoms with Crippen LogP contribution in [0.15, 0.2) is 48.9 Å². The highest BCUT2D eigenvalue weighted by Crippen LogP contribution is 2.20. The number of amides is 1. The minimum Gasteiger partial charge on any atom is -0.481 e. The number of carboxylic acid groups (broad SMARTS) is 1. The molecule has 0 atom stereocenters. The lowest BCUT2D eigenvalue weighted by molar-refractivity contribution is -0.136. The first-order chi connectivity index (χ1) is 11.0. The van der Waals surface area contributed by atoms with E-state index in [9.17, 15) is 9.59 Å². The van der Waals surface area contributed by atoms with E-state index in [1.54, 1.807) is 47.3 Å². The van der Waals surface area contributed by atoms with Crippen molar-refractivity contribution in [3.63, 3.8) is 0 Å². The topological polar surface area (TPSA) is 83.7 Å². The van der Waals surface area contributed by atoms with Crippen molar-refractivity contribution >= 4 is 34.8 Å². The van der Waals surface area contributed by atoms with Gasteiger partial charge in [0.05, 0.1) is 17.0 Å². The van der Waals surface area contributed by atoms with Crippen LogP contribution in [0.1, 0.15) is 15.9 Å². The van der Waals surface area contributed by atoms with E-state index in [1.807, 2.05) is 0 Å². The van der Waals surface area contributed by atoms with Crippen LogP contribution in [0.4, 0.5) is 5.69 Å². The number of imidazole rings is 1. The molecule has 0 bridgehead atoms. The number of nitrogens with zero attached hydrogens (tertiary/aromatic N) is 2. The van der Waals surface area contributed by atoms with E-state index in [4.69, 9.17) is 16.7 Å². The monoisotopic (exact) mass is 329 g/mol. The summed E-state index contributed by atoms with van der Waals surface area (Å²) in [5, 5.41) is 12.1. The first kappa shape index (κ1) is 15.1. The van der Waals surface area contributed by atoms with E-state index in [0.717, 1.165) is 0 Å². The Labute approximate surface area is 136 Å². The molecule has 0 spiro atoms. The van der Waals surface area contributed by atoms with Crippen molar-refractivity contribution in [1.82, 2.24) is 9.38 Å². The van der Waals surface area contributed by atoms with Crippen LogP contribution in [0, 0.1) is 0 Å². The van der Waals surface area contributed by atoms with Crippen molar-refractivity contribution in [2.24, 2.45) is 0 Å². The van der Waals surface area contributed by atoms with E-state index >= 15 is 0 Å². The number of aromatic nitrogens is 2. The van der Waals surface area contributed by atoms with Gasteiger partial charge in [0.2, 0.25) is 0 Å². The molecule has 0 saturated carbocycles. The molecule has 116 valence electrons. The fourth-order valence-corrected chi connectivity index (χ4v) is 2.53. The number of aliphatic carboxylic acids is 1. The van der Waals surface area contributed by atoms with Gasteiger partial charge < -0.3 is 14.8 Å². The van der Waals surface area contributed by atoms with Crippen LogP contribution in [0.5, 0.6) is 0 Å². The van der Waals surface area contributed by atoms with Crippen LogP contribution >= 0.6 is 11.6 Å². The summed E-state index contributed by atoms with van der Waals surface area (Å²) in [6, 6.07) is 8.29. The van der Waals surface area contributed by atoms with Crippen LogP contribution in [-0.4, -0.2) is 26.4 Å². The summed E-state index contributed by atoms with van der Waals surface area (Å²) in [6.07, 6.45) is 4.74. The molecule has 0 radical (unpaired) electrons. The van der Waals surface area contributed by atoms with Gasteiger partial charge in [0.25, 0.3) is 5.91 Å². The van der Waals surface area contributed by atoms with E-state index in [2.05, 4.69) is 10.3 Å². The Morgan fingerprint density at radius 1 is 1.30 bits per heavy atom. The maximum Gasteiger partial charge on any atom is 0.307 e. The van der Waals surface area contributed by atoms with Crippen molar-refractivity contribution in [3.05, 3.63) is 65.1 Å². The first-order valence-electron chi connectivity index (χ1n) is 6.78. The van der Waals surface area contributed by atoms with Crippen LogP contribution < -0.4 is 5.32 Å². The Hall–Kier alpha value is -2.86. The second-order valence-electron chi connectivity index (χ2n) is 4.91. The molecular weight excluding hydrogens is 318 g/mol. The predicted octanol–water partition coefficient (Wildman–Crippen LogP) is 2.87. The van der Waals surface area contributed by atoms with Gasteiger partial charge in [-0.05, 0) is 17.7 Å². The number of nitrogens with one attached hydrogen (secondary N) is 1. The number of hydrogen-bond acceptors (Lipinski definition) is 3. The van der Waals surface area contributed by atoms with Crippen LogP contribution in [0.25, 0.3) is 5.65 Å². The highest BCUT2D eigenvalue weighted by Gasteiger charge is 2.15. The molecule has 0 aliphatic heterocycles. The van der Waals surface area contributed by atoms with E-state index in [-0.39, 0.29) is 6.42 Å². The lowest BCUT2D eigenvalue weighted by Gasteiger charge is -2.10. The van der Waals surface area contributed by atoms with E-state index in [0.29, 0.717) is 27.5 Å². The molecule has 1 aromatic carbocycles. The number of benzene rings is 1. The maximum atomic E-state index is 12.5. The molecule has 7 heteroatoms. The smallest absolute Gasteiger partial charge is 0.307 e. The zero-order valence-electron chi connectivity index (χ0n) is 11.9. The molecular formula is C16H12ClN3O3. The number of carboxylic acids is 1. The lowest BCUT2D eigenvalue weighted by atomic mass is 10.1. The van der Waals surface area contributed by atoms with Crippen molar-refractivity contribution in [1.29, 1.82) is 0 Å².